The molecule has 9 heteroatoms. The number of amides is 1. The van der Waals surface area contributed by atoms with Gasteiger partial charge in [0.15, 0.2) is 5.81 Å². The van der Waals surface area contributed by atoms with Gasteiger partial charge in [-0.1, -0.05) is 24.4 Å². The molecule has 0 saturated heterocycles. The van der Waals surface area contributed by atoms with E-state index >= 15 is 0 Å². The van der Waals surface area contributed by atoms with Crippen LogP contribution in [-0.2, 0) is 10.0 Å². The molecular formula is C14H20BClN2O3S2. The lowest BCUT2D eigenvalue weighted by Gasteiger charge is -2.37. The average Bonchev–Trinajstić information content (AvgIpc) is 2.95. The number of hydrogen-bond donors (Lipinski definition) is 2. The highest BCUT2D eigenvalue weighted by Crippen LogP contribution is 2.44. The number of hydrogen-bond acceptors (Lipinski definition) is 4. The van der Waals surface area contributed by atoms with Crippen molar-refractivity contribution in [2.45, 2.75) is 54.3 Å². The predicted molar refractivity (Wildman–Crippen MR) is 94.4 cm³/mol. The van der Waals surface area contributed by atoms with Gasteiger partial charge in [-0.3, -0.25) is 4.79 Å². The van der Waals surface area contributed by atoms with Crippen LogP contribution in [0.15, 0.2) is 16.3 Å². The number of carbonyl (C=O) groups excluding carboxylic acids is 1. The second kappa shape index (κ2) is 6.39. The second-order valence-corrected chi connectivity index (χ2v) is 10.2. The molecule has 2 saturated carbocycles. The van der Waals surface area contributed by atoms with Crippen molar-refractivity contribution in [1.82, 2.24) is 10.0 Å². The molecule has 2 N–H and O–H groups in total. The molecule has 0 aliphatic heterocycles. The van der Waals surface area contributed by atoms with Crippen LogP contribution in [0.4, 0.5) is 4.79 Å². The molecule has 0 aromatic carbocycles. The number of thiophene rings is 1. The number of carbonyl (C=O) groups is 1. The van der Waals surface area contributed by atoms with Crippen LogP contribution < -0.4 is 10.0 Å². The first kappa shape index (κ1) is 17.3. The van der Waals surface area contributed by atoms with Crippen molar-refractivity contribution in [3.63, 3.8) is 0 Å². The molecule has 3 unspecified atom stereocenters. The van der Waals surface area contributed by atoms with Gasteiger partial charge in [0.1, 0.15) is 4.21 Å². The van der Waals surface area contributed by atoms with Crippen LogP contribution in [0.2, 0.25) is 4.34 Å². The van der Waals surface area contributed by atoms with Crippen LogP contribution >= 0.6 is 22.9 Å². The minimum Gasteiger partial charge on any atom is -0.358 e. The molecule has 1 aromatic rings. The van der Waals surface area contributed by atoms with E-state index < -0.39 is 15.6 Å². The Labute approximate surface area is 146 Å². The Kier molecular flexibility index (Phi) is 4.79. The van der Waals surface area contributed by atoms with Gasteiger partial charge in [0.25, 0.3) is 0 Å². The van der Waals surface area contributed by atoms with E-state index in [9.17, 15) is 13.2 Å². The second-order valence-electron chi connectivity index (χ2n) is 6.54. The molecular weight excluding hydrogens is 355 g/mol. The first-order valence-corrected chi connectivity index (χ1v) is 10.6. The molecule has 2 aliphatic rings. The zero-order chi connectivity index (χ0) is 16.7. The third-order valence-corrected chi connectivity index (χ3v) is 8.16. The topological polar surface area (TPSA) is 75.3 Å². The molecule has 3 atom stereocenters. The summed E-state index contributed by atoms with van der Waals surface area (Å²) >= 11 is 6.92. The number of fused-ring (bicyclic) bond motifs is 2. The first-order chi connectivity index (χ1) is 10.8. The lowest BCUT2D eigenvalue weighted by atomic mass is 9.86. The molecule has 126 valence electrons. The lowest BCUT2D eigenvalue weighted by Crippen LogP contribution is -2.60. The fraction of sp³-hybridized carbons (Fsp3) is 0.643. The highest BCUT2D eigenvalue weighted by Gasteiger charge is 2.51. The number of sulfonamides is 1. The van der Waals surface area contributed by atoms with Crippen molar-refractivity contribution in [2.24, 2.45) is 5.92 Å². The highest BCUT2D eigenvalue weighted by molar-refractivity contribution is 7.91. The molecule has 0 spiro atoms. The van der Waals surface area contributed by atoms with Gasteiger partial charge < -0.3 is 5.32 Å². The van der Waals surface area contributed by atoms with Crippen LogP contribution in [-0.4, -0.2) is 33.7 Å². The fourth-order valence-corrected chi connectivity index (χ4v) is 6.97. The van der Waals surface area contributed by atoms with E-state index in [1.165, 1.54) is 13.9 Å². The van der Waals surface area contributed by atoms with Gasteiger partial charge in [-0.15, -0.1) is 11.3 Å². The monoisotopic (exact) mass is 374 g/mol. The van der Waals surface area contributed by atoms with Crippen molar-refractivity contribution in [1.29, 1.82) is 0 Å². The Morgan fingerprint density at radius 2 is 2.09 bits per heavy atom. The predicted octanol–water partition coefficient (Wildman–Crippen LogP) is 2.11. The summed E-state index contributed by atoms with van der Waals surface area (Å²) in [5, 5.41) is 3.07. The Hall–Kier alpha value is -0.565. The number of rotatable bonds is 4. The Bertz CT molecular complexity index is 709. The van der Waals surface area contributed by atoms with Crippen molar-refractivity contribution < 1.29 is 13.2 Å². The van der Waals surface area contributed by atoms with E-state index in [1.54, 1.807) is 6.07 Å². The van der Waals surface area contributed by atoms with Crippen molar-refractivity contribution in [2.75, 3.05) is 0 Å². The van der Waals surface area contributed by atoms with Crippen molar-refractivity contribution in [3.8, 4) is 0 Å². The van der Waals surface area contributed by atoms with Gasteiger partial charge >= 0.3 is 0 Å². The smallest absolute Gasteiger partial charge is 0.250 e. The minimum absolute atomic E-state index is 0.101. The quantitative estimate of drug-likeness (QED) is 0.793. The molecule has 1 heterocycles. The van der Waals surface area contributed by atoms with E-state index in [-0.39, 0.29) is 22.0 Å². The largest absolute Gasteiger partial charge is 0.358 e. The van der Waals surface area contributed by atoms with E-state index in [2.05, 4.69) is 10.0 Å². The fourth-order valence-electron chi connectivity index (χ4n) is 4.08. The maximum absolute atomic E-state index is 12.7. The van der Waals surface area contributed by atoms with Crippen molar-refractivity contribution >= 4 is 46.6 Å². The third kappa shape index (κ3) is 3.45. The number of halogens is 1. The van der Waals surface area contributed by atoms with Crippen molar-refractivity contribution in [3.05, 3.63) is 16.5 Å². The molecule has 23 heavy (non-hydrogen) atoms. The summed E-state index contributed by atoms with van der Waals surface area (Å²) < 4.78 is 29.0. The summed E-state index contributed by atoms with van der Waals surface area (Å²) in [6, 6.07) is 2.87. The standard InChI is InChI=1S/C14H20BClN2O3S2/c15-13(19)17-14-7-2-1-3-9(6-8-14)12(14)18-23(20,21)11-5-4-10(16)22-11/h4-5,9,12,18H,1-3,6-8,15H2,(H,17,19). The summed E-state index contributed by atoms with van der Waals surface area (Å²) in [6.07, 6.45) is 5.68. The van der Waals surface area contributed by atoms with Crippen LogP contribution in [0.3, 0.4) is 0 Å². The van der Waals surface area contributed by atoms with Gasteiger partial charge in [-0.25, -0.2) is 13.1 Å². The molecule has 3 rings (SSSR count). The first-order valence-electron chi connectivity index (χ1n) is 7.89. The average molecular weight is 375 g/mol. The maximum atomic E-state index is 12.7. The molecule has 5 nitrogen and oxygen atoms in total. The van der Waals surface area contributed by atoms with Gasteiger partial charge in [-0.2, -0.15) is 0 Å². The Morgan fingerprint density at radius 3 is 2.74 bits per heavy atom. The van der Waals surface area contributed by atoms with Crippen LogP contribution in [0, 0.1) is 5.92 Å². The Morgan fingerprint density at radius 1 is 1.30 bits per heavy atom. The minimum atomic E-state index is -3.62. The lowest BCUT2D eigenvalue weighted by molar-refractivity contribution is 0.228. The van der Waals surface area contributed by atoms with E-state index in [0.717, 1.165) is 49.9 Å². The summed E-state index contributed by atoms with van der Waals surface area (Å²) in [5.41, 5.74) is -0.457. The summed E-state index contributed by atoms with van der Waals surface area (Å²) in [5.74, 6) is 0.172. The third-order valence-electron chi connectivity index (χ3n) is 5.00. The Balaban J connectivity index is 1.91. The zero-order valence-corrected chi connectivity index (χ0v) is 15.4. The number of nitrogens with one attached hydrogen (secondary N) is 2. The van der Waals surface area contributed by atoms with Gasteiger partial charge in [0.05, 0.1) is 9.88 Å². The molecule has 0 radical (unpaired) electrons. The molecule has 2 fully saturated rings. The summed E-state index contributed by atoms with van der Waals surface area (Å²) in [7, 11) is -2.12. The summed E-state index contributed by atoms with van der Waals surface area (Å²) in [4.78, 5) is 11.7. The van der Waals surface area contributed by atoms with E-state index in [0.29, 0.717) is 4.34 Å². The molecule has 1 amide bonds. The highest BCUT2D eigenvalue weighted by atomic mass is 35.5. The molecule has 2 bridgehead atoms. The normalized spacial score (nSPS) is 30.8. The van der Waals surface area contributed by atoms with Gasteiger partial charge in [0, 0.05) is 6.04 Å². The van der Waals surface area contributed by atoms with Crippen LogP contribution in [0.1, 0.15) is 38.5 Å². The van der Waals surface area contributed by atoms with E-state index in [4.69, 9.17) is 11.6 Å². The van der Waals surface area contributed by atoms with Crippen LogP contribution in [0.25, 0.3) is 0 Å². The SMILES string of the molecule is BC(=O)NC12CCCCC(CC1)C2NS(=O)(=O)c1ccc(Cl)s1. The van der Waals surface area contributed by atoms with Gasteiger partial charge in [0.2, 0.25) is 17.9 Å². The van der Waals surface area contributed by atoms with E-state index in [1.807, 2.05) is 0 Å². The zero-order valence-electron chi connectivity index (χ0n) is 13.0. The van der Waals surface area contributed by atoms with Crippen LogP contribution in [0.5, 0.6) is 0 Å². The van der Waals surface area contributed by atoms with Gasteiger partial charge in [-0.05, 0) is 43.7 Å². The maximum Gasteiger partial charge on any atom is 0.250 e. The summed E-state index contributed by atoms with van der Waals surface area (Å²) in [6.45, 7) is 0. The molecule has 1 aromatic heterocycles. The molecule has 2 aliphatic carbocycles.